The highest BCUT2D eigenvalue weighted by atomic mass is 16.5. The van der Waals surface area contributed by atoms with Crippen molar-refractivity contribution in [1.82, 2.24) is 18.9 Å². The lowest BCUT2D eigenvalue weighted by atomic mass is 10.1. The third-order valence-electron chi connectivity index (χ3n) is 6.03. The Bertz CT molecular complexity index is 1490. The maximum absolute atomic E-state index is 13.4. The highest BCUT2D eigenvalue weighted by Gasteiger charge is 2.13. The van der Waals surface area contributed by atoms with Crippen LogP contribution in [0.15, 0.2) is 77.9 Å². The highest BCUT2D eigenvalue weighted by Crippen LogP contribution is 2.27. The monoisotopic (exact) mass is 454 g/mol. The molecule has 3 aromatic heterocycles. The Morgan fingerprint density at radius 3 is 2.50 bits per heavy atom. The Morgan fingerprint density at radius 2 is 1.68 bits per heavy atom. The lowest BCUT2D eigenvalue weighted by Gasteiger charge is -2.14. The Balaban J connectivity index is 1.45. The molecule has 7 heteroatoms. The van der Waals surface area contributed by atoms with Crippen LogP contribution in [-0.4, -0.2) is 33.2 Å². The van der Waals surface area contributed by atoms with Crippen LogP contribution in [0.1, 0.15) is 17.1 Å². The van der Waals surface area contributed by atoms with Gasteiger partial charge >= 0.3 is 0 Å². The van der Waals surface area contributed by atoms with Crippen LogP contribution in [0.25, 0.3) is 16.6 Å². The number of aryl methyl sites for hydroxylation is 3. The van der Waals surface area contributed by atoms with Crippen molar-refractivity contribution in [3.8, 4) is 11.5 Å². The smallest absolute Gasteiger partial charge is 0.261 e. The van der Waals surface area contributed by atoms with E-state index in [2.05, 4.69) is 0 Å². The van der Waals surface area contributed by atoms with Gasteiger partial charge in [0.15, 0.2) is 11.5 Å². The number of para-hydroxylation sites is 1. The summed E-state index contributed by atoms with van der Waals surface area (Å²) in [5, 5.41) is 0.631. The van der Waals surface area contributed by atoms with Gasteiger partial charge in [-0.2, -0.15) is 0 Å². The van der Waals surface area contributed by atoms with Crippen molar-refractivity contribution in [3.05, 3.63) is 100 Å². The predicted octanol–water partition coefficient (Wildman–Crippen LogP) is 4.09. The Kier molecular flexibility index (Phi) is 5.99. The van der Waals surface area contributed by atoms with E-state index in [0.29, 0.717) is 42.7 Å². The standard InChI is InChI=1S/C27H26N4O3/c1-33-23-12-10-19(17-24(23)34-2)14-16-31-26(29-22-8-4-3-7-21(22)27(31)32)13-11-20-18-30-15-6-5-9-25(30)28-20/h3-10,12,15,17-18H,11,13-14,16H2,1-2H3. The van der Waals surface area contributed by atoms with E-state index in [-0.39, 0.29) is 5.56 Å². The van der Waals surface area contributed by atoms with E-state index in [0.717, 1.165) is 28.2 Å². The minimum Gasteiger partial charge on any atom is -0.493 e. The summed E-state index contributed by atoms with van der Waals surface area (Å²) in [6, 6.07) is 19.3. The zero-order chi connectivity index (χ0) is 23.5. The minimum absolute atomic E-state index is 0.0175. The predicted molar refractivity (Wildman–Crippen MR) is 132 cm³/mol. The molecule has 0 N–H and O–H groups in total. The van der Waals surface area contributed by atoms with Crippen molar-refractivity contribution >= 4 is 16.6 Å². The summed E-state index contributed by atoms with van der Waals surface area (Å²) in [4.78, 5) is 23.0. The summed E-state index contributed by atoms with van der Waals surface area (Å²) < 4.78 is 14.6. The molecule has 0 saturated carbocycles. The topological polar surface area (TPSA) is 70.7 Å². The van der Waals surface area contributed by atoms with Gasteiger partial charge in [-0.3, -0.25) is 9.36 Å². The first-order valence-electron chi connectivity index (χ1n) is 11.3. The first-order valence-corrected chi connectivity index (χ1v) is 11.3. The van der Waals surface area contributed by atoms with Crippen molar-refractivity contribution in [3.63, 3.8) is 0 Å². The lowest BCUT2D eigenvalue weighted by molar-refractivity contribution is 0.354. The molecule has 0 amide bonds. The minimum atomic E-state index is -0.0175. The second-order valence-electron chi connectivity index (χ2n) is 8.14. The van der Waals surface area contributed by atoms with Gasteiger partial charge in [-0.05, 0) is 54.8 Å². The maximum Gasteiger partial charge on any atom is 0.261 e. The average molecular weight is 455 g/mol. The number of ether oxygens (including phenoxy) is 2. The van der Waals surface area contributed by atoms with Gasteiger partial charge in [0, 0.05) is 25.4 Å². The first kappa shape index (κ1) is 21.7. The van der Waals surface area contributed by atoms with Crippen LogP contribution in [-0.2, 0) is 25.8 Å². The van der Waals surface area contributed by atoms with Gasteiger partial charge in [0.1, 0.15) is 11.5 Å². The van der Waals surface area contributed by atoms with Crippen molar-refractivity contribution in [2.75, 3.05) is 14.2 Å². The quantitative estimate of drug-likeness (QED) is 0.353. The van der Waals surface area contributed by atoms with E-state index in [4.69, 9.17) is 19.4 Å². The van der Waals surface area contributed by atoms with Gasteiger partial charge in [-0.1, -0.05) is 24.3 Å². The second-order valence-corrected chi connectivity index (χ2v) is 8.14. The fourth-order valence-corrected chi connectivity index (χ4v) is 4.26. The molecule has 7 nitrogen and oxygen atoms in total. The third-order valence-corrected chi connectivity index (χ3v) is 6.03. The molecule has 5 aromatic rings. The largest absolute Gasteiger partial charge is 0.493 e. The summed E-state index contributed by atoms with van der Waals surface area (Å²) in [5.41, 5.74) is 3.65. The molecule has 5 rings (SSSR count). The Hall–Kier alpha value is -4.13. The van der Waals surface area contributed by atoms with Gasteiger partial charge in [-0.15, -0.1) is 0 Å². The van der Waals surface area contributed by atoms with Crippen molar-refractivity contribution in [2.24, 2.45) is 0 Å². The van der Waals surface area contributed by atoms with Crippen LogP contribution in [0.2, 0.25) is 0 Å². The van der Waals surface area contributed by atoms with E-state index in [1.54, 1.807) is 18.8 Å². The van der Waals surface area contributed by atoms with Gasteiger partial charge in [0.2, 0.25) is 0 Å². The fraction of sp³-hybridized carbons (Fsp3) is 0.222. The number of methoxy groups -OCH3 is 2. The molecule has 0 aliphatic heterocycles. The van der Waals surface area contributed by atoms with Gasteiger partial charge in [0.05, 0.1) is 30.8 Å². The van der Waals surface area contributed by atoms with Crippen LogP contribution in [0, 0.1) is 0 Å². The molecule has 0 fully saturated rings. The molecule has 0 saturated heterocycles. The number of hydrogen-bond acceptors (Lipinski definition) is 5. The van der Waals surface area contributed by atoms with E-state index in [9.17, 15) is 4.79 Å². The Labute approximate surface area is 197 Å². The fourth-order valence-electron chi connectivity index (χ4n) is 4.26. The summed E-state index contributed by atoms with van der Waals surface area (Å²) in [6.07, 6.45) is 6.00. The van der Waals surface area contributed by atoms with Crippen LogP contribution in [0.3, 0.4) is 0 Å². The van der Waals surface area contributed by atoms with E-state index < -0.39 is 0 Å². The molecule has 2 aromatic carbocycles. The molecule has 0 aliphatic rings. The van der Waals surface area contributed by atoms with E-state index in [1.165, 1.54) is 0 Å². The molecule has 34 heavy (non-hydrogen) atoms. The molecular weight excluding hydrogens is 428 g/mol. The highest BCUT2D eigenvalue weighted by molar-refractivity contribution is 5.77. The molecular formula is C27H26N4O3. The number of aromatic nitrogens is 4. The average Bonchev–Trinajstić information content (AvgIpc) is 3.30. The normalized spacial score (nSPS) is 11.2. The maximum atomic E-state index is 13.4. The SMILES string of the molecule is COc1ccc(CCn2c(CCc3cn4ccccc4n3)nc3ccccc3c2=O)cc1OC. The van der Waals surface area contributed by atoms with Crippen LogP contribution >= 0.6 is 0 Å². The van der Waals surface area contributed by atoms with E-state index >= 15 is 0 Å². The van der Waals surface area contributed by atoms with Gasteiger partial charge < -0.3 is 13.9 Å². The molecule has 0 aliphatic carbocycles. The molecule has 172 valence electrons. The number of nitrogens with zero attached hydrogens (tertiary/aromatic N) is 4. The van der Waals surface area contributed by atoms with Crippen molar-refractivity contribution in [2.45, 2.75) is 25.8 Å². The number of pyridine rings is 1. The zero-order valence-corrected chi connectivity index (χ0v) is 19.3. The van der Waals surface area contributed by atoms with E-state index in [1.807, 2.05) is 77.5 Å². The molecule has 0 bridgehead atoms. The number of hydrogen-bond donors (Lipinski definition) is 0. The number of imidazole rings is 1. The number of benzene rings is 2. The zero-order valence-electron chi connectivity index (χ0n) is 19.3. The lowest BCUT2D eigenvalue weighted by Crippen LogP contribution is -2.26. The summed E-state index contributed by atoms with van der Waals surface area (Å²) >= 11 is 0. The summed E-state index contributed by atoms with van der Waals surface area (Å²) in [7, 11) is 3.24. The van der Waals surface area contributed by atoms with Gasteiger partial charge in [-0.25, -0.2) is 9.97 Å². The number of fused-ring (bicyclic) bond motifs is 2. The summed E-state index contributed by atoms with van der Waals surface area (Å²) in [6.45, 7) is 0.520. The number of rotatable bonds is 8. The summed E-state index contributed by atoms with van der Waals surface area (Å²) in [5.74, 6) is 2.13. The van der Waals surface area contributed by atoms with Crippen LogP contribution < -0.4 is 15.0 Å². The molecule has 0 unspecified atom stereocenters. The van der Waals surface area contributed by atoms with Gasteiger partial charge in [0.25, 0.3) is 5.56 Å². The van der Waals surface area contributed by atoms with Crippen LogP contribution in [0.4, 0.5) is 0 Å². The second kappa shape index (κ2) is 9.39. The Morgan fingerprint density at radius 1 is 0.853 bits per heavy atom. The van der Waals surface area contributed by atoms with Crippen molar-refractivity contribution in [1.29, 1.82) is 0 Å². The van der Waals surface area contributed by atoms with Crippen LogP contribution in [0.5, 0.6) is 11.5 Å². The molecule has 0 atom stereocenters. The third kappa shape index (κ3) is 4.24. The molecule has 0 spiro atoms. The first-order chi connectivity index (χ1) is 16.7. The van der Waals surface area contributed by atoms with Crippen molar-refractivity contribution < 1.29 is 9.47 Å². The molecule has 3 heterocycles. The molecule has 0 radical (unpaired) electrons.